The Kier molecular flexibility index (Phi) is 4.85. The van der Waals surface area contributed by atoms with Gasteiger partial charge < -0.3 is 4.74 Å². The first-order valence-corrected chi connectivity index (χ1v) is 9.10. The standard InChI is InChI=1S/C22H19N3OS/c1-26-19-14-12-18(13-15-19)25-21(23-24-22(25)27)20(16-8-4-2-5-9-16)17-10-6-3-7-11-17/h2-15,20H,1H3,(H,24,27). The van der Waals surface area contributed by atoms with Gasteiger partial charge in [0.25, 0.3) is 0 Å². The number of nitrogens with zero attached hydrogens (tertiary/aromatic N) is 2. The molecule has 0 aliphatic carbocycles. The van der Waals surface area contributed by atoms with Gasteiger partial charge in [-0.25, -0.2) is 0 Å². The van der Waals surface area contributed by atoms with E-state index in [0.717, 1.165) is 28.4 Å². The van der Waals surface area contributed by atoms with Crippen molar-refractivity contribution in [2.45, 2.75) is 5.92 Å². The largest absolute Gasteiger partial charge is 0.497 e. The summed E-state index contributed by atoms with van der Waals surface area (Å²) in [6.45, 7) is 0. The summed E-state index contributed by atoms with van der Waals surface area (Å²) < 4.78 is 7.82. The smallest absolute Gasteiger partial charge is 0.199 e. The fourth-order valence-corrected chi connectivity index (χ4v) is 3.51. The first-order valence-electron chi connectivity index (χ1n) is 8.69. The van der Waals surface area contributed by atoms with Crippen LogP contribution < -0.4 is 4.74 Å². The normalized spacial score (nSPS) is 10.9. The molecule has 5 heteroatoms. The summed E-state index contributed by atoms with van der Waals surface area (Å²) in [6.07, 6.45) is 0. The molecule has 1 heterocycles. The van der Waals surface area contributed by atoms with Crippen LogP contribution in [0, 0.1) is 4.77 Å². The fourth-order valence-electron chi connectivity index (χ4n) is 3.27. The van der Waals surface area contributed by atoms with Gasteiger partial charge in [-0.05, 0) is 47.6 Å². The van der Waals surface area contributed by atoms with Crippen molar-refractivity contribution in [1.29, 1.82) is 0 Å². The number of ether oxygens (including phenoxy) is 1. The summed E-state index contributed by atoms with van der Waals surface area (Å²) in [4.78, 5) is 0. The lowest BCUT2D eigenvalue weighted by Gasteiger charge is -2.19. The number of aromatic nitrogens is 3. The lowest BCUT2D eigenvalue weighted by molar-refractivity contribution is 0.414. The van der Waals surface area contributed by atoms with E-state index in [0.29, 0.717) is 4.77 Å². The Morgan fingerprint density at radius 1 is 0.852 bits per heavy atom. The second kappa shape index (κ2) is 7.60. The van der Waals surface area contributed by atoms with Crippen LogP contribution >= 0.6 is 12.2 Å². The predicted octanol–water partition coefficient (Wildman–Crippen LogP) is 5.12. The zero-order valence-corrected chi connectivity index (χ0v) is 15.7. The van der Waals surface area contributed by atoms with Crippen molar-refractivity contribution in [2.75, 3.05) is 7.11 Å². The molecular weight excluding hydrogens is 354 g/mol. The molecule has 134 valence electrons. The third-order valence-electron chi connectivity index (χ3n) is 4.55. The molecule has 0 spiro atoms. The van der Waals surface area contributed by atoms with Crippen LogP contribution in [-0.4, -0.2) is 21.9 Å². The van der Waals surface area contributed by atoms with Gasteiger partial charge in [0.05, 0.1) is 13.0 Å². The van der Waals surface area contributed by atoms with Crippen molar-refractivity contribution in [3.8, 4) is 11.4 Å². The molecule has 0 bridgehead atoms. The van der Waals surface area contributed by atoms with Gasteiger partial charge in [0.2, 0.25) is 0 Å². The van der Waals surface area contributed by atoms with Gasteiger partial charge in [0.1, 0.15) is 11.6 Å². The highest BCUT2D eigenvalue weighted by atomic mass is 32.1. The van der Waals surface area contributed by atoms with Gasteiger partial charge in [-0.2, -0.15) is 5.10 Å². The Morgan fingerprint density at radius 2 is 1.41 bits per heavy atom. The predicted molar refractivity (Wildman–Crippen MR) is 109 cm³/mol. The van der Waals surface area contributed by atoms with Gasteiger partial charge in [-0.3, -0.25) is 9.67 Å². The summed E-state index contributed by atoms with van der Waals surface area (Å²) in [5.41, 5.74) is 3.27. The Hall–Kier alpha value is -3.18. The molecule has 4 aromatic rings. The molecule has 4 nitrogen and oxygen atoms in total. The molecule has 0 fully saturated rings. The molecule has 0 unspecified atom stereocenters. The van der Waals surface area contributed by atoms with Gasteiger partial charge in [0.15, 0.2) is 4.77 Å². The third-order valence-corrected chi connectivity index (χ3v) is 4.83. The van der Waals surface area contributed by atoms with E-state index in [1.54, 1.807) is 7.11 Å². The molecule has 27 heavy (non-hydrogen) atoms. The maximum absolute atomic E-state index is 5.55. The zero-order chi connectivity index (χ0) is 18.6. The Morgan fingerprint density at radius 3 is 1.93 bits per heavy atom. The van der Waals surface area contributed by atoms with Crippen molar-refractivity contribution in [3.63, 3.8) is 0 Å². The molecule has 4 rings (SSSR count). The average Bonchev–Trinajstić information content (AvgIpc) is 3.11. The lowest BCUT2D eigenvalue weighted by atomic mass is 9.90. The van der Waals surface area contributed by atoms with E-state index >= 15 is 0 Å². The fraction of sp³-hybridized carbons (Fsp3) is 0.0909. The molecule has 1 N–H and O–H groups in total. The molecule has 0 radical (unpaired) electrons. The first kappa shape index (κ1) is 17.2. The maximum atomic E-state index is 5.55. The second-order valence-corrected chi connectivity index (χ2v) is 6.56. The summed E-state index contributed by atoms with van der Waals surface area (Å²) in [5, 5.41) is 7.57. The monoisotopic (exact) mass is 373 g/mol. The topological polar surface area (TPSA) is 42.8 Å². The summed E-state index contributed by atoms with van der Waals surface area (Å²) in [6, 6.07) is 28.5. The number of H-pyrrole nitrogens is 1. The van der Waals surface area contributed by atoms with Crippen molar-refractivity contribution < 1.29 is 4.74 Å². The second-order valence-electron chi connectivity index (χ2n) is 6.17. The van der Waals surface area contributed by atoms with E-state index in [-0.39, 0.29) is 5.92 Å². The highest BCUT2D eigenvalue weighted by Crippen LogP contribution is 2.32. The molecule has 0 aliphatic heterocycles. The van der Waals surface area contributed by atoms with Crippen LogP contribution in [0.5, 0.6) is 5.75 Å². The Balaban J connectivity index is 1.90. The van der Waals surface area contributed by atoms with Gasteiger partial charge in [0, 0.05) is 5.69 Å². The molecule has 0 atom stereocenters. The number of benzene rings is 3. The van der Waals surface area contributed by atoms with E-state index in [1.807, 2.05) is 65.2 Å². The third kappa shape index (κ3) is 3.41. The minimum atomic E-state index is -0.0394. The minimum Gasteiger partial charge on any atom is -0.497 e. The van der Waals surface area contributed by atoms with Crippen molar-refractivity contribution in [3.05, 3.63) is 107 Å². The number of methoxy groups -OCH3 is 1. The van der Waals surface area contributed by atoms with E-state index < -0.39 is 0 Å². The van der Waals surface area contributed by atoms with Crippen LogP contribution in [0.1, 0.15) is 22.9 Å². The average molecular weight is 373 g/mol. The molecule has 0 aliphatic rings. The van der Waals surface area contributed by atoms with Crippen LogP contribution in [0.2, 0.25) is 0 Å². The zero-order valence-electron chi connectivity index (χ0n) is 14.9. The Bertz CT molecular complexity index is 1030. The summed E-state index contributed by atoms with van der Waals surface area (Å²) >= 11 is 5.55. The van der Waals surface area contributed by atoms with E-state index in [2.05, 4.69) is 34.5 Å². The first-order chi connectivity index (χ1) is 13.3. The van der Waals surface area contributed by atoms with Crippen LogP contribution in [0.25, 0.3) is 5.69 Å². The van der Waals surface area contributed by atoms with Gasteiger partial charge in [-0.1, -0.05) is 60.7 Å². The lowest BCUT2D eigenvalue weighted by Crippen LogP contribution is -2.11. The van der Waals surface area contributed by atoms with E-state index in [4.69, 9.17) is 17.0 Å². The number of nitrogens with one attached hydrogen (secondary N) is 1. The molecule has 3 aromatic carbocycles. The number of hydrogen-bond donors (Lipinski definition) is 1. The quantitative estimate of drug-likeness (QED) is 0.494. The van der Waals surface area contributed by atoms with E-state index in [9.17, 15) is 0 Å². The van der Waals surface area contributed by atoms with Crippen LogP contribution in [0.3, 0.4) is 0 Å². The highest BCUT2D eigenvalue weighted by Gasteiger charge is 2.23. The van der Waals surface area contributed by atoms with Crippen LogP contribution in [0.4, 0.5) is 0 Å². The molecule has 1 aromatic heterocycles. The maximum Gasteiger partial charge on any atom is 0.199 e. The minimum absolute atomic E-state index is 0.0394. The molecule has 0 saturated carbocycles. The molecule has 0 saturated heterocycles. The van der Waals surface area contributed by atoms with Crippen LogP contribution in [-0.2, 0) is 0 Å². The van der Waals surface area contributed by atoms with Crippen molar-refractivity contribution >= 4 is 12.2 Å². The van der Waals surface area contributed by atoms with Gasteiger partial charge >= 0.3 is 0 Å². The van der Waals surface area contributed by atoms with Crippen molar-refractivity contribution in [1.82, 2.24) is 14.8 Å². The highest BCUT2D eigenvalue weighted by molar-refractivity contribution is 7.71. The van der Waals surface area contributed by atoms with E-state index in [1.165, 1.54) is 0 Å². The SMILES string of the molecule is COc1ccc(-n2c(C(c3ccccc3)c3ccccc3)n[nH]c2=S)cc1. The summed E-state index contributed by atoms with van der Waals surface area (Å²) in [5.74, 6) is 1.61. The number of hydrogen-bond acceptors (Lipinski definition) is 3. The van der Waals surface area contributed by atoms with Crippen LogP contribution in [0.15, 0.2) is 84.9 Å². The van der Waals surface area contributed by atoms with Crippen molar-refractivity contribution in [2.24, 2.45) is 0 Å². The molecule has 0 amide bonds. The number of aromatic amines is 1. The summed E-state index contributed by atoms with van der Waals surface area (Å²) in [7, 11) is 1.66. The molecular formula is C22H19N3OS. The number of rotatable bonds is 5. The van der Waals surface area contributed by atoms with Gasteiger partial charge in [-0.15, -0.1) is 0 Å². The Labute approximate surface area is 163 Å².